The van der Waals surface area contributed by atoms with E-state index in [-0.39, 0.29) is 0 Å². The van der Waals surface area contributed by atoms with Crippen LogP contribution in [-0.2, 0) is 0 Å². The predicted octanol–water partition coefficient (Wildman–Crippen LogP) is 1.53. The highest BCUT2D eigenvalue weighted by molar-refractivity contribution is 4.55. The Balaban J connectivity index is 3.25. The summed E-state index contributed by atoms with van der Waals surface area (Å²) in [6, 6.07) is 0. The van der Waals surface area contributed by atoms with Crippen molar-refractivity contribution in [2.75, 3.05) is 40.8 Å². The summed E-state index contributed by atoms with van der Waals surface area (Å²) in [7, 11) is 6.46. The number of hydrogen-bond donors (Lipinski definition) is 0. The molecular weight excluding hydrogens is 148 g/mol. The van der Waals surface area contributed by atoms with Gasteiger partial charge in [-0.1, -0.05) is 13.8 Å². The van der Waals surface area contributed by atoms with Gasteiger partial charge in [0.1, 0.15) is 0 Å². The summed E-state index contributed by atoms with van der Waals surface area (Å²) < 4.78 is 0. The van der Waals surface area contributed by atoms with E-state index in [4.69, 9.17) is 0 Å². The van der Waals surface area contributed by atoms with Gasteiger partial charge in [0, 0.05) is 6.54 Å². The third-order valence-electron chi connectivity index (χ3n) is 1.82. The Morgan fingerprint density at radius 2 is 1.58 bits per heavy atom. The molecule has 2 heteroatoms. The minimum Gasteiger partial charge on any atom is -0.309 e. The Labute approximate surface area is 77.5 Å². The maximum absolute atomic E-state index is 2.41. The van der Waals surface area contributed by atoms with Crippen LogP contribution in [-0.4, -0.2) is 50.6 Å². The van der Waals surface area contributed by atoms with Crippen molar-refractivity contribution in [2.24, 2.45) is 5.92 Å². The highest BCUT2D eigenvalue weighted by Gasteiger charge is 2.00. The van der Waals surface area contributed by atoms with Crippen LogP contribution < -0.4 is 0 Å². The van der Waals surface area contributed by atoms with Crippen LogP contribution in [0.15, 0.2) is 0 Å². The zero-order valence-electron chi connectivity index (χ0n) is 9.30. The van der Waals surface area contributed by atoms with E-state index in [9.17, 15) is 0 Å². The van der Waals surface area contributed by atoms with E-state index < -0.39 is 0 Å². The van der Waals surface area contributed by atoms with Gasteiger partial charge in [-0.2, -0.15) is 0 Å². The van der Waals surface area contributed by atoms with Gasteiger partial charge in [0.25, 0.3) is 0 Å². The van der Waals surface area contributed by atoms with Crippen LogP contribution in [0.4, 0.5) is 0 Å². The molecule has 0 aliphatic rings. The third kappa shape index (κ3) is 8.02. The van der Waals surface area contributed by atoms with E-state index in [0.717, 1.165) is 5.92 Å². The Bertz CT molecular complexity index is 100. The fraction of sp³-hybridized carbons (Fsp3) is 1.00. The molecule has 2 nitrogen and oxygen atoms in total. The average molecular weight is 172 g/mol. The van der Waals surface area contributed by atoms with Crippen LogP contribution in [0, 0.1) is 5.92 Å². The normalized spacial score (nSPS) is 12.0. The summed E-state index contributed by atoms with van der Waals surface area (Å²) in [4.78, 5) is 4.65. The van der Waals surface area contributed by atoms with Crippen LogP contribution in [0.3, 0.4) is 0 Å². The lowest BCUT2D eigenvalue weighted by Gasteiger charge is -2.19. The van der Waals surface area contributed by atoms with E-state index >= 15 is 0 Å². The van der Waals surface area contributed by atoms with Gasteiger partial charge in [-0.3, -0.25) is 0 Å². The monoisotopic (exact) mass is 172 g/mol. The van der Waals surface area contributed by atoms with Crippen LogP contribution in [0.5, 0.6) is 0 Å². The molecule has 0 aliphatic heterocycles. The first-order valence-corrected chi connectivity index (χ1v) is 4.85. The minimum atomic E-state index is 0.786. The number of hydrogen-bond acceptors (Lipinski definition) is 2. The molecule has 12 heavy (non-hydrogen) atoms. The Hall–Kier alpha value is -0.0800. The smallest absolute Gasteiger partial charge is 0.000134 e. The second-order valence-corrected chi connectivity index (χ2v) is 4.31. The highest BCUT2D eigenvalue weighted by atomic mass is 15.1. The van der Waals surface area contributed by atoms with Gasteiger partial charge in [0.15, 0.2) is 0 Å². The maximum atomic E-state index is 2.41. The van der Waals surface area contributed by atoms with Crippen molar-refractivity contribution in [3.05, 3.63) is 0 Å². The Morgan fingerprint density at radius 3 is 2.00 bits per heavy atom. The van der Waals surface area contributed by atoms with Crippen molar-refractivity contribution in [2.45, 2.75) is 20.3 Å². The van der Waals surface area contributed by atoms with Gasteiger partial charge in [-0.05, 0) is 46.6 Å². The molecule has 0 aliphatic carbocycles. The molecule has 0 saturated carbocycles. The van der Waals surface area contributed by atoms with Crippen LogP contribution in [0.2, 0.25) is 0 Å². The summed E-state index contributed by atoms with van der Waals surface area (Å²) in [5.74, 6) is 0.786. The summed E-state index contributed by atoms with van der Waals surface area (Å²) in [6.07, 6.45) is 1.27. The summed E-state index contributed by atoms with van der Waals surface area (Å²) >= 11 is 0. The first kappa shape index (κ1) is 11.9. The second-order valence-electron chi connectivity index (χ2n) is 4.31. The maximum Gasteiger partial charge on any atom is 0.000134 e. The Kier molecular flexibility index (Phi) is 6.39. The van der Waals surface area contributed by atoms with Crippen molar-refractivity contribution in [3.8, 4) is 0 Å². The number of nitrogens with zero attached hydrogens (tertiary/aromatic N) is 2. The molecule has 0 heterocycles. The molecule has 0 rings (SSSR count). The van der Waals surface area contributed by atoms with Crippen LogP contribution in [0.1, 0.15) is 20.3 Å². The SMILES string of the molecule is CC(C)CN(C)CCCN(C)C. The standard InChI is InChI=1S/C10H24N2/c1-10(2)9-12(5)8-6-7-11(3)4/h10H,6-9H2,1-5H3. The van der Waals surface area contributed by atoms with Gasteiger partial charge >= 0.3 is 0 Å². The molecule has 0 aromatic heterocycles. The van der Waals surface area contributed by atoms with Crippen molar-refractivity contribution < 1.29 is 0 Å². The fourth-order valence-corrected chi connectivity index (χ4v) is 1.37. The van der Waals surface area contributed by atoms with Crippen LogP contribution in [0.25, 0.3) is 0 Å². The molecule has 0 N–H and O–H groups in total. The summed E-state index contributed by atoms with van der Waals surface area (Å²) in [6.45, 7) is 8.16. The molecule has 0 unspecified atom stereocenters. The molecular formula is C10H24N2. The summed E-state index contributed by atoms with van der Waals surface area (Å²) in [5.41, 5.74) is 0. The first-order valence-electron chi connectivity index (χ1n) is 4.85. The van der Waals surface area contributed by atoms with E-state index in [1.807, 2.05) is 0 Å². The average Bonchev–Trinajstić information content (AvgIpc) is 1.84. The molecule has 0 aromatic rings. The Morgan fingerprint density at radius 1 is 1.00 bits per heavy atom. The molecule has 0 radical (unpaired) electrons. The van der Waals surface area contributed by atoms with E-state index in [1.165, 1.54) is 26.1 Å². The van der Waals surface area contributed by atoms with Gasteiger partial charge in [0.05, 0.1) is 0 Å². The fourth-order valence-electron chi connectivity index (χ4n) is 1.37. The van der Waals surface area contributed by atoms with Crippen LogP contribution >= 0.6 is 0 Å². The highest BCUT2D eigenvalue weighted by Crippen LogP contribution is 1.96. The van der Waals surface area contributed by atoms with E-state index in [0.29, 0.717) is 0 Å². The zero-order chi connectivity index (χ0) is 9.56. The van der Waals surface area contributed by atoms with Gasteiger partial charge < -0.3 is 9.80 Å². The first-order chi connectivity index (χ1) is 5.52. The molecule has 0 spiro atoms. The van der Waals surface area contributed by atoms with Crippen molar-refractivity contribution in [1.29, 1.82) is 0 Å². The van der Waals surface area contributed by atoms with E-state index in [1.54, 1.807) is 0 Å². The molecule has 0 bridgehead atoms. The van der Waals surface area contributed by atoms with Gasteiger partial charge in [-0.15, -0.1) is 0 Å². The number of rotatable bonds is 6. The molecule has 0 amide bonds. The zero-order valence-corrected chi connectivity index (χ0v) is 9.30. The topological polar surface area (TPSA) is 6.48 Å². The molecule has 74 valence electrons. The molecule has 0 atom stereocenters. The van der Waals surface area contributed by atoms with Gasteiger partial charge in [-0.25, -0.2) is 0 Å². The van der Waals surface area contributed by atoms with Gasteiger partial charge in [0.2, 0.25) is 0 Å². The van der Waals surface area contributed by atoms with Crippen molar-refractivity contribution in [3.63, 3.8) is 0 Å². The minimum absolute atomic E-state index is 0.786. The quantitative estimate of drug-likeness (QED) is 0.599. The molecule has 0 aromatic carbocycles. The second kappa shape index (κ2) is 6.44. The molecule has 0 saturated heterocycles. The predicted molar refractivity (Wildman–Crippen MR) is 55.5 cm³/mol. The van der Waals surface area contributed by atoms with Crippen molar-refractivity contribution >= 4 is 0 Å². The third-order valence-corrected chi connectivity index (χ3v) is 1.82. The lowest BCUT2D eigenvalue weighted by Crippen LogP contribution is -2.26. The largest absolute Gasteiger partial charge is 0.309 e. The lowest BCUT2D eigenvalue weighted by atomic mass is 10.2. The molecule has 0 fully saturated rings. The van der Waals surface area contributed by atoms with Crippen molar-refractivity contribution in [1.82, 2.24) is 9.80 Å². The lowest BCUT2D eigenvalue weighted by molar-refractivity contribution is 0.274. The van der Waals surface area contributed by atoms with E-state index in [2.05, 4.69) is 44.8 Å². The summed E-state index contributed by atoms with van der Waals surface area (Å²) in [5, 5.41) is 0.